The number of methoxy groups -OCH3 is 3. The molecule has 2 aromatic carbocycles. The van der Waals surface area contributed by atoms with Crippen molar-refractivity contribution in [2.75, 3.05) is 41.7 Å². The fourth-order valence-electron chi connectivity index (χ4n) is 2.69. The maximum absolute atomic E-state index is 12.9. The van der Waals surface area contributed by atoms with Crippen LogP contribution in [0, 0.1) is 0 Å². The topological polar surface area (TPSA) is 81.7 Å². The Morgan fingerprint density at radius 2 is 1.69 bits per heavy atom. The Balaban J connectivity index is 1.88. The monoisotopic (exact) mass is 402 g/mol. The number of fused-ring (bicyclic) bond motifs is 1. The fourth-order valence-corrected chi connectivity index (χ4v) is 2.69. The molecule has 3 rings (SSSR count). The van der Waals surface area contributed by atoms with Gasteiger partial charge in [0.05, 0.1) is 7.11 Å². The summed E-state index contributed by atoms with van der Waals surface area (Å²) in [5.41, 5.74) is 1.05. The van der Waals surface area contributed by atoms with Crippen molar-refractivity contribution in [3.8, 4) is 28.7 Å². The van der Waals surface area contributed by atoms with Crippen molar-refractivity contribution >= 4 is 11.9 Å². The molecule has 1 aliphatic heterocycles. The Morgan fingerprint density at radius 3 is 2.45 bits per heavy atom. The highest BCUT2D eigenvalue weighted by Gasteiger charge is 2.20. The van der Waals surface area contributed by atoms with Gasteiger partial charge in [0.1, 0.15) is 22.8 Å². The minimum absolute atomic E-state index is 0.0387. The Hall–Kier alpha value is -3.23. The molecule has 1 aliphatic rings. The first-order valence-corrected chi connectivity index (χ1v) is 8.73. The summed E-state index contributed by atoms with van der Waals surface area (Å²) in [6.45, 7) is 0.198. The van der Waals surface area contributed by atoms with Gasteiger partial charge in [-0.25, -0.2) is 0 Å². The molecule has 0 bridgehead atoms. The van der Waals surface area contributed by atoms with Gasteiger partial charge in [-0.2, -0.15) is 0 Å². The van der Waals surface area contributed by atoms with Gasteiger partial charge in [-0.05, 0) is 23.8 Å². The average molecular weight is 402 g/mol. The van der Waals surface area contributed by atoms with Crippen molar-refractivity contribution in [1.29, 1.82) is 0 Å². The molecule has 0 saturated heterocycles. The summed E-state index contributed by atoms with van der Waals surface area (Å²) in [4.78, 5) is 12.9. The number of ketones is 1. The van der Waals surface area contributed by atoms with E-state index in [-0.39, 0.29) is 37.5 Å². The lowest BCUT2D eigenvalue weighted by Gasteiger charge is -2.15. The van der Waals surface area contributed by atoms with Gasteiger partial charge < -0.3 is 33.2 Å². The highest BCUT2D eigenvalue weighted by Crippen LogP contribution is 2.36. The average Bonchev–Trinajstić information content (AvgIpc) is 3.21. The summed E-state index contributed by atoms with van der Waals surface area (Å²) in [5, 5.41) is 0. The van der Waals surface area contributed by atoms with Crippen molar-refractivity contribution in [3.63, 3.8) is 0 Å². The molecule has 0 atom stereocenters. The molecule has 154 valence electrons. The zero-order valence-electron chi connectivity index (χ0n) is 16.4. The van der Waals surface area contributed by atoms with Crippen LogP contribution in [0.5, 0.6) is 28.7 Å². The number of carbonyl (C=O) groups excluding carboxylic acids is 1. The Morgan fingerprint density at radius 1 is 0.966 bits per heavy atom. The Bertz CT molecular complexity index is 890. The van der Waals surface area contributed by atoms with Crippen LogP contribution in [0.2, 0.25) is 0 Å². The van der Waals surface area contributed by atoms with E-state index in [1.54, 1.807) is 30.3 Å². The molecule has 0 radical (unpaired) electrons. The number of allylic oxidation sites excluding steroid dienone is 1. The number of rotatable bonds is 10. The predicted molar refractivity (Wildman–Crippen MR) is 104 cm³/mol. The third-order valence-electron chi connectivity index (χ3n) is 4.01. The first-order chi connectivity index (χ1) is 14.2. The maximum Gasteiger partial charge on any atom is 0.231 e. The quantitative estimate of drug-likeness (QED) is 0.340. The molecule has 0 unspecified atom stereocenters. The highest BCUT2D eigenvalue weighted by atomic mass is 16.7. The number of benzene rings is 2. The van der Waals surface area contributed by atoms with Crippen LogP contribution in [-0.2, 0) is 9.47 Å². The van der Waals surface area contributed by atoms with E-state index >= 15 is 0 Å². The van der Waals surface area contributed by atoms with Crippen molar-refractivity contribution in [1.82, 2.24) is 0 Å². The van der Waals surface area contributed by atoms with Crippen LogP contribution in [0.1, 0.15) is 15.9 Å². The third-order valence-corrected chi connectivity index (χ3v) is 4.01. The summed E-state index contributed by atoms with van der Waals surface area (Å²) >= 11 is 0. The van der Waals surface area contributed by atoms with Crippen molar-refractivity contribution in [2.24, 2.45) is 0 Å². The molecule has 0 saturated carbocycles. The second-order valence-corrected chi connectivity index (χ2v) is 5.91. The summed E-state index contributed by atoms with van der Waals surface area (Å²) in [6.07, 6.45) is 3.11. The number of hydrogen-bond donors (Lipinski definition) is 0. The Labute approximate surface area is 168 Å². The number of ether oxygens (including phenoxy) is 7. The Kier molecular flexibility index (Phi) is 6.94. The molecule has 0 spiro atoms. The van der Waals surface area contributed by atoms with E-state index in [0.717, 1.165) is 5.56 Å². The van der Waals surface area contributed by atoms with Gasteiger partial charge in [0, 0.05) is 26.4 Å². The van der Waals surface area contributed by atoms with Crippen molar-refractivity contribution in [2.45, 2.75) is 0 Å². The largest absolute Gasteiger partial charge is 0.496 e. The zero-order valence-corrected chi connectivity index (χ0v) is 16.4. The van der Waals surface area contributed by atoms with E-state index in [4.69, 9.17) is 33.2 Å². The summed E-state index contributed by atoms with van der Waals surface area (Å²) in [5.74, 6) is 2.04. The molecule has 0 aliphatic carbocycles. The molecule has 0 fully saturated rings. The zero-order chi connectivity index (χ0) is 20.6. The molecule has 0 N–H and O–H groups in total. The standard InChI is InChI=1S/C21H22O8/c1-23-11-26-15-9-19(25-3)21(20(10-15)27-12-24-2)16(22)6-4-14-5-7-17-18(8-14)29-13-28-17/h4-10H,11-13H2,1-3H3. The number of carbonyl (C=O) groups is 1. The van der Waals surface area contributed by atoms with Crippen LogP contribution >= 0.6 is 0 Å². The summed E-state index contributed by atoms with van der Waals surface area (Å²) < 4.78 is 36.9. The van der Waals surface area contributed by atoms with E-state index < -0.39 is 0 Å². The van der Waals surface area contributed by atoms with Crippen molar-refractivity contribution < 1.29 is 38.0 Å². The molecule has 2 aromatic rings. The number of hydrogen-bond acceptors (Lipinski definition) is 8. The molecular weight excluding hydrogens is 380 g/mol. The van der Waals surface area contributed by atoms with Crippen LogP contribution < -0.4 is 23.7 Å². The predicted octanol–water partition coefficient (Wildman–Crippen LogP) is 3.29. The summed E-state index contributed by atoms with van der Waals surface area (Å²) in [6, 6.07) is 8.61. The minimum Gasteiger partial charge on any atom is -0.496 e. The van der Waals surface area contributed by atoms with Gasteiger partial charge in [0.2, 0.25) is 6.79 Å². The van der Waals surface area contributed by atoms with E-state index in [0.29, 0.717) is 23.0 Å². The summed E-state index contributed by atoms with van der Waals surface area (Å²) in [7, 11) is 4.47. The molecule has 1 heterocycles. The lowest BCUT2D eigenvalue weighted by atomic mass is 10.1. The van der Waals surface area contributed by atoms with Gasteiger partial charge in [-0.1, -0.05) is 12.1 Å². The van der Waals surface area contributed by atoms with Gasteiger partial charge in [-0.3, -0.25) is 4.79 Å². The van der Waals surface area contributed by atoms with Gasteiger partial charge in [0.15, 0.2) is 30.9 Å². The highest BCUT2D eigenvalue weighted by molar-refractivity contribution is 6.10. The first-order valence-electron chi connectivity index (χ1n) is 8.73. The molecule has 8 nitrogen and oxygen atoms in total. The SMILES string of the molecule is COCOc1cc(OC)c(C(=O)C=Cc2ccc3c(c2)OCO3)c(OCOC)c1. The van der Waals surface area contributed by atoms with E-state index in [1.165, 1.54) is 27.4 Å². The lowest BCUT2D eigenvalue weighted by Crippen LogP contribution is -2.08. The van der Waals surface area contributed by atoms with Crippen molar-refractivity contribution in [3.05, 3.63) is 47.5 Å². The molecule has 29 heavy (non-hydrogen) atoms. The third kappa shape index (κ3) is 4.98. The minimum atomic E-state index is -0.302. The van der Waals surface area contributed by atoms with Gasteiger partial charge >= 0.3 is 0 Å². The van der Waals surface area contributed by atoms with E-state index in [1.807, 2.05) is 6.07 Å². The lowest BCUT2D eigenvalue weighted by molar-refractivity contribution is 0.0453. The normalized spacial score (nSPS) is 12.2. The second kappa shape index (κ2) is 9.81. The first kappa shape index (κ1) is 20.5. The van der Waals surface area contributed by atoms with Crippen LogP contribution in [0.15, 0.2) is 36.4 Å². The fraction of sp³-hybridized carbons (Fsp3) is 0.286. The molecule has 8 heteroatoms. The van der Waals surface area contributed by atoms with Crippen LogP contribution in [0.25, 0.3) is 6.08 Å². The van der Waals surface area contributed by atoms with Crippen LogP contribution in [0.3, 0.4) is 0 Å². The van der Waals surface area contributed by atoms with Gasteiger partial charge in [-0.15, -0.1) is 0 Å². The van der Waals surface area contributed by atoms with E-state index in [9.17, 15) is 4.79 Å². The van der Waals surface area contributed by atoms with Crippen LogP contribution in [-0.4, -0.2) is 47.5 Å². The smallest absolute Gasteiger partial charge is 0.231 e. The second-order valence-electron chi connectivity index (χ2n) is 5.91. The van der Waals surface area contributed by atoms with Crippen LogP contribution in [0.4, 0.5) is 0 Å². The van der Waals surface area contributed by atoms with E-state index in [2.05, 4.69) is 0 Å². The maximum atomic E-state index is 12.9. The molecule has 0 aromatic heterocycles. The molecule has 0 amide bonds. The molecular formula is C21H22O8. The van der Waals surface area contributed by atoms with Gasteiger partial charge in [0.25, 0.3) is 0 Å².